The van der Waals surface area contributed by atoms with E-state index in [-0.39, 0.29) is 36.1 Å². The lowest BCUT2D eigenvalue weighted by atomic mass is 10.2. The number of guanidine groups is 1. The van der Waals surface area contributed by atoms with E-state index in [0.717, 1.165) is 29.3 Å². The van der Waals surface area contributed by atoms with Crippen LogP contribution in [0.2, 0.25) is 0 Å². The Labute approximate surface area is 155 Å². The second-order valence-corrected chi connectivity index (χ2v) is 5.76. The van der Waals surface area contributed by atoms with Gasteiger partial charge < -0.3 is 10.6 Å². The second-order valence-electron chi connectivity index (χ2n) is 4.70. The van der Waals surface area contributed by atoms with Crippen LogP contribution in [-0.4, -0.2) is 24.5 Å². The molecule has 0 saturated carbocycles. The number of benzene rings is 1. The minimum Gasteiger partial charge on any atom is -0.356 e. The summed E-state index contributed by atoms with van der Waals surface area (Å²) >= 11 is 1.62. The van der Waals surface area contributed by atoms with Gasteiger partial charge in [0.1, 0.15) is 11.6 Å². The topological polar surface area (TPSA) is 49.3 Å². The second kappa shape index (κ2) is 9.76. The zero-order chi connectivity index (χ0) is 15.9. The van der Waals surface area contributed by atoms with Crippen LogP contribution in [0.25, 0.3) is 0 Å². The van der Waals surface area contributed by atoms with Crippen molar-refractivity contribution in [3.63, 3.8) is 0 Å². The first-order valence-corrected chi connectivity index (χ1v) is 7.76. The van der Waals surface area contributed by atoms with Gasteiger partial charge in [-0.25, -0.2) is 13.8 Å². The van der Waals surface area contributed by atoms with E-state index in [1.54, 1.807) is 18.4 Å². The highest BCUT2D eigenvalue weighted by Crippen LogP contribution is 2.09. The number of aryl methyl sites for hydroxylation is 1. The number of aliphatic imine (C=N–C) groups is 1. The van der Waals surface area contributed by atoms with E-state index in [0.29, 0.717) is 12.5 Å². The van der Waals surface area contributed by atoms with Crippen LogP contribution in [0, 0.1) is 18.6 Å². The van der Waals surface area contributed by atoms with E-state index < -0.39 is 11.6 Å². The van der Waals surface area contributed by atoms with Gasteiger partial charge in [0.05, 0.1) is 10.7 Å². The lowest BCUT2D eigenvalue weighted by Gasteiger charge is -2.12. The number of nitrogens with zero attached hydrogens (tertiary/aromatic N) is 2. The van der Waals surface area contributed by atoms with Gasteiger partial charge in [-0.1, -0.05) is 0 Å². The molecule has 23 heavy (non-hydrogen) atoms. The van der Waals surface area contributed by atoms with Gasteiger partial charge in [-0.15, -0.1) is 35.3 Å². The number of nitrogens with one attached hydrogen (secondary N) is 2. The molecule has 1 aromatic heterocycles. The molecule has 0 saturated heterocycles. The summed E-state index contributed by atoms with van der Waals surface area (Å²) in [7, 11) is 1.63. The van der Waals surface area contributed by atoms with Gasteiger partial charge in [-0.2, -0.15) is 0 Å². The van der Waals surface area contributed by atoms with Gasteiger partial charge in [0.25, 0.3) is 0 Å². The molecule has 0 unspecified atom stereocenters. The highest BCUT2D eigenvalue weighted by molar-refractivity contribution is 14.0. The van der Waals surface area contributed by atoms with Crippen molar-refractivity contribution in [1.29, 1.82) is 0 Å². The predicted octanol–water partition coefficient (Wildman–Crippen LogP) is 3.26. The van der Waals surface area contributed by atoms with Gasteiger partial charge >= 0.3 is 0 Å². The summed E-state index contributed by atoms with van der Waals surface area (Å²) in [6.07, 6.45) is 0.777. The Morgan fingerprint density at radius 1 is 1.30 bits per heavy atom. The SMILES string of the molecule is CN=C(NCCc1csc(C)n1)NCc1cc(F)ccc1F.I. The third-order valence-electron chi connectivity index (χ3n) is 3.02. The molecule has 8 heteroatoms. The molecule has 0 bridgehead atoms. The van der Waals surface area contributed by atoms with Crippen molar-refractivity contribution in [2.45, 2.75) is 19.9 Å². The lowest BCUT2D eigenvalue weighted by molar-refractivity contribution is 0.581. The zero-order valence-corrected chi connectivity index (χ0v) is 16.0. The first kappa shape index (κ1) is 19.8. The van der Waals surface area contributed by atoms with Gasteiger partial charge in [0.2, 0.25) is 0 Å². The molecule has 2 N–H and O–H groups in total. The predicted molar refractivity (Wildman–Crippen MR) is 101 cm³/mol. The van der Waals surface area contributed by atoms with Crippen molar-refractivity contribution in [3.8, 4) is 0 Å². The maximum Gasteiger partial charge on any atom is 0.191 e. The van der Waals surface area contributed by atoms with E-state index in [4.69, 9.17) is 0 Å². The molecule has 2 aromatic rings. The normalized spacial score (nSPS) is 11.0. The summed E-state index contributed by atoms with van der Waals surface area (Å²) in [4.78, 5) is 8.43. The molecular weight excluding hydrogens is 433 g/mol. The van der Waals surface area contributed by atoms with Crippen molar-refractivity contribution in [2.24, 2.45) is 4.99 Å². The minimum absolute atomic E-state index is 0. The number of aromatic nitrogens is 1. The average molecular weight is 452 g/mol. The van der Waals surface area contributed by atoms with Crippen LogP contribution in [0.3, 0.4) is 0 Å². The Kier molecular flexibility index (Phi) is 8.38. The molecule has 4 nitrogen and oxygen atoms in total. The van der Waals surface area contributed by atoms with E-state index in [9.17, 15) is 8.78 Å². The minimum atomic E-state index is -0.458. The number of rotatable bonds is 5. The van der Waals surface area contributed by atoms with Gasteiger partial charge in [-0.3, -0.25) is 4.99 Å². The van der Waals surface area contributed by atoms with Crippen molar-refractivity contribution < 1.29 is 8.78 Å². The molecule has 0 aliphatic rings. The molecular formula is C15H19F2IN4S. The lowest BCUT2D eigenvalue weighted by Crippen LogP contribution is -2.38. The Balaban J connectivity index is 0.00000264. The highest BCUT2D eigenvalue weighted by atomic mass is 127. The monoisotopic (exact) mass is 452 g/mol. The zero-order valence-electron chi connectivity index (χ0n) is 12.9. The smallest absolute Gasteiger partial charge is 0.191 e. The summed E-state index contributed by atoms with van der Waals surface area (Å²) < 4.78 is 26.6. The maximum absolute atomic E-state index is 13.5. The fourth-order valence-electron chi connectivity index (χ4n) is 1.91. The van der Waals surface area contributed by atoms with Crippen LogP contribution in [0.15, 0.2) is 28.6 Å². The Hall–Kier alpha value is -1.29. The molecule has 1 heterocycles. The Bertz CT molecular complexity index is 661. The van der Waals surface area contributed by atoms with Crippen LogP contribution in [0.4, 0.5) is 8.78 Å². The van der Waals surface area contributed by atoms with E-state index in [1.807, 2.05) is 12.3 Å². The van der Waals surface area contributed by atoms with Crippen LogP contribution < -0.4 is 10.6 Å². The fourth-order valence-corrected chi connectivity index (χ4v) is 2.56. The molecule has 0 amide bonds. The molecule has 0 fully saturated rings. The summed E-state index contributed by atoms with van der Waals surface area (Å²) in [5, 5.41) is 9.14. The Morgan fingerprint density at radius 3 is 2.74 bits per heavy atom. The first-order chi connectivity index (χ1) is 10.6. The molecule has 0 spiro atoms. The largest absolute Gasteiger partial charge is 0.356 e. The van der Waals surface area contributed by atoms with Crippen molar-refractivity contribution in [2.75, 3.05) is 13.6 Å². The Morgan fingerprint density at radius 2 is 2.09 bits per heavy atom. The van der Waals surface area contributed by atoms with Crippen LogP contribution in [-0.2, 0) is 13.0 Å². The van der Waals surface area contributed by atoms with E-state index in [2.05, 4.69) is 20.6 Å². The molecule has 0 aliphatic heterocycles. The standard InChI is InChI=1S/C15H18F2N4S.HI/c1-10-21-13(9-22-10)5-6-19-15(18-2)20-8-11-7-12(16)3-4-14(11)17;/h3-4,7,9H,5-6,8H2,1-2H3,(H2,18,19,20);1H. The summed E-state index contributed by atoms with van der Waals surface area (Å²) in [5.74, 6) is -0.363. The van der Waals surface area contributed by atoms with Crippen LogP contribution in [0.5, 0.6) is 0 Å². The third kappa shape index (κ3) is 6.38. The molecule has 1 aromatic carbocycles. The van der Waals surface area contributed by atoms with Crippen LogP contribution in [0.1, 0.15) is 16.3 Å². The first-order valence-electron chi connectivity index (χ1n) is 6.88. The summed E-state index contributed by atoms with van der Waals surface area (Å²) in [6, 6.07) is 3.39. The molecule has 126 valence electrons. The molecule has 0 atom stereocenters. The highest BCUT2D eigenvalue weighted by Gasteiger charge is 2.05. The van der Waals surface area contributed by atoms with Crippen LogP contribution >= 0.6 is 35.3 Å². The molecule has 2 rings (SSSR count). The molecule has 0 radical (unpaired) electrons. The number of thiazole rings is 1. The van der Waals surface area contributed by atoms with Gasteiger partial charge in [0.15, 0.2) is 5.96 Å². The third-order valence-corrected chi connectivity index (χ3v) is 3.84. The number of hydrogen-bond donors (Lipinski definition) is 2. The van der Waals surface area contributed by atoms with Gasteiger partial charge in [-0.05, 0) is 25.1 Å². The summed E-state index contributed by atoms with van der Waals surface area (Å²) in [6.45, 7) is 2.79. The fraction of sp³-hybridized carbons (Fsp3) is 0.333. The van der Waals surface area contributed by atoms with E-state index in [1.165, 1.54) is 6.07 Å². The quantitative estimate of drug-likeness (QED) is 0.416. The maximum atomic E-state index is 13.5. The number of halogens is 3. The summed E-state index contributed by atoms with van der Waals surface area (Å²) in [5.41, 5.74) is 1.29. The number of hydrogen-bond acceptors (Lipinski definition) is 3. The molecule has 0 aliphatic carbocycles. The van der Waals surface area contributed by atoms with Crippen molar-refractivity contribution >= 4 is 41.3 Å². The van der Waals surface area contributed by atoms with Crippen molar-refractivity contribution in [3.05, 3.63) is 51.5 Å². The van der Waals surface area contributed by atoms with Crippen molar-refractivity contribution in [1.82, 2.24) is 15.6 Å². The van der Waals surface area contributed by atoms with Gasteiger partial charge in [0, 0.05) is 37.5 Å². The van der Waals surface area contributed by atoms with E-state index >= 15 is 0 Å². The average Bonchev–Trinajstić information content (AvgIpc) is 2.91.